The third kappa shape index (κ3) is 2.50. The molecule has 0 aromatic carbocycles. The number of nitrogens with zero attached hydrogens (tertiary/aromatic N) is 1. The molecule has 1 fully saturated rings. The van der Waals surface area contributed by atoms with Crippen LogP contribution in [0.15, 0.2) is 24.5 Å². The smallest absolute Gasteiger partial charge is 0.274 e. The molecular weight excluding hydrogens is 198 g/mol. The molecule has 2 heterocycles. The molecule has 0 radical (unpaired) electrons. The first kappa shape index (κ1) is 10.5. The Morgan fingerprint density at radius 3 is 2.73 bits per heavy atom. The third-order valence-electron chi connectivity index (χ3n) is 2.77. The lowest BCUT2D eigenvalue weighted by molar-refractivity contribution is -0.0214. The number of halogens is 2. The van der Waals surface area contributed by atoms with Crippen molar-refractivity contribution in [2.45, 2.75) is 31.2 Å². The van der Waals surface area contributed by atoms with Gasteiger partial charge in [0.2, 0.25) is 0 Å². The SMILES string of the molecule is FC(F)(CC1CCCN1)c1ccncc1. The molecule has 0 saturated carbocycles. The summed E-state index contributed by atoms with van der Waals surface area (Å²) in [5.41, 5.74) is 0.0613. The van der Waals surface area contributed by atoms with Gasteiger partial charge in [0.05, 0.1) is 0 Å². The van der Waals surface area contributed by atoms with E-state index in [1.165, 1.54) is 24.5 Å². The summed E-state index contributed by atoms with van der Waals surface area (Å²) in [6.07, 6.45) is 4.55. The van der Waals surface area contributed by atoms with Gasteiger partial charge < -0.3 is 5.32 Å². The average molecular weight is 212 g/mol. The molecule has 1 saturated heterocycles. The molecule has 2 rings (SSSR count). The summed E-state index contributed by atoms with van der Waals surface area (Å²) in [5, 5.41) is 3.09. The minimum absolute atomic E-state index is 0.0480. The lowest BCUT2D eigenvalue weighted by atomic mass is 10.0. The Morgan fingerprint density at radius 1 is 1.40 bits per heavy atom. The van der Waals surface area contributed by atoms with Crippen molar-refractivity contribution in [3.05, 3.63) is 30.1 Å². The van der Waals surface area contributed by atoms with Gasteiger partial charge in [0.15, 0.2) is 0 Å². The van der Waals surface area contributed by atoms with E-state index in [-0.39, 0.29) is 18.0 Å². The van der Waals surface area contributed by atoms with Crippen LogP contribution in [0.3, 0.4) is 0 Å². The van der Waals surface area contributed by atoms with Gasteiger partial charge in [0.1, 0.15) is 0 Å². The first-order valence-corrected chi connectivity index (χ1v) is 5.20. The Kier molecular flexibility index (Phi) is 2.95. The molecule has 82 valence electrons. The van der Waals surface area contributed by atoms with E-state index in [0.717, 1.165) is 19.4 Å². The summed E-state index contributed by atoms with van der Waals surface area (Å²) in [5.74, 6) is -2.75. The van der Waals surface area contributed by atoms with E-state index in [9.17, 15) is 8.78 Å². The quantitative estimate of drug-likeness (QED) is 0.831. The van der Waals surface area contributed by atoms with Crippen molar-refractivity contribution in [2.75, 3.05) is 6.54 Å². The van der Waals surface area contributed by atoms with Gasteiger partial charge in [-0.2, -0.15) is 0 Å². The van der Waals surface area contributed by atoms with Crippen molar-refractivity contribution in [1.29, 1.82) is 0 Å². The van der Waals surface area contributed by atoms with Crippen LogP contribution in [-0.2, 0) is 5.92 Å². The molecule has 2 nitrogen and oxygen atoms in total. The van der Waals surface area contributed by atoms with Crippen LogP contribution in [0.5, 0.6) is 0 Å². The van der Waals surface area contributed by atoms with Gasteiger partial charge in [-0.3, -0.25) is 4.98 Å². The highest BCUT2D eigenvalue weighted by molar-refractivity contribution is 5.16. The predicted molar refractivity (Wildman–Crippen MR) is 53.8 cm³/mol. The van der Waals surface area contributed by atoms with Crippen LogP contribution in [0.1, 0.15) is 24.8 Å². The van der Waals surface area contributed by atoms with Crippen molar-refractivity contribution in [2.24, 2.45) is 0 Å². The van der Waals surface area contributed by atoms with E-state index in [1.807, 2.05) is 0 Å². The Balaban J connectivity index is 2.05. The molecule has 0 bridgehead atoms. The van der Waals surface area contributed by atoms with E-state index in [1.54, 1.807) is 0 Å². The normalized spacial score (nSPS) is 21.9. The van der Waals surface area contributed by atoms with E-state index < -0.39 is 5.92 Å². The highest BCUT2D eigenvalue weighted by atomic mass is 19.3. The number of pyridine rings is 1. The summed E-state index contributed by atoms with van der Waals surface area (Å²) in [6, 6.07) is 2.72. The van der Waals surface area contributed by atoms with Gasteiger partial charge in [-0.25, -0.2) is 8.78 Å². The fourth-order valence-electron chi connectivity index (χ4n) is 1.95. The average Bonchev–Trinajstić information content (AvgIpc) is 2.71. The summed E-state index contributed by atoms with van der Waals surface area (Å²) < 4.78 is 27.5. The Labute approximate surface area is 87.7 Å². The lowest BCUT2D eigenvalue weighted by Crippen LogP contribution is -2.29. The van der Waals surface area contributed by atoms with Crippen LogP contribution >= 0.6 is 0 Å². The van der Waals surface area contributed by atoms with E-state index in [2.05, 4.69) is 10.3 Å². The maximum Gasteiger partial charge on any atom is 0.274 e. The molecule has 1 atom stereocenters. The molecule has 4 heteroatoms. The van der Waals surface area contributed by atoms with Crippen LogP contribution in [0.2, 0.25) is 0 Å². The summed E-state index contributed by atoms with van der Waals surface area (Å²) in [6.45, 7) is 0.858. The van der Waals surface area contributed by atoms with Gasteiger partial charge in [0.25, 0.3) is 5.92 Å². The second kappa shape index (κ2) is 4.23. The highest BCUT2D eigenvalue weighted by Gasteiger charge is 2.35. The zero-order valence-electron chi connectivity index (χ0n) is 8.42. The number of alkyl halides is 2. The van der Waals surface area contributed by atoms with Crippen LogP contribution < -0.4 is 5.32 Å². The van der Waals surface area contributed by atoms with Gasteiger partial charge >= 0.3 is 0 Å². The van der Waals surface area contributed by atoms with Gasteiger partial charge in [-0.15, -0.1) is 0 Å². The molecule has 1 unspecified atom stereocenters. The Hall–Kier alpha value is -1.03. The van der Waals surface area contributed by atoms with E-state index in [4.69, 9.17) is 0 Å². The molecule has 0 aliphatic carbocycles. The van der Waals surface area contributed by atoms with Gasteiger partial charge in [0, 0.05) is 30.4 Å². The minimum Gasteiger partial charge on any atom is -0.314 e. The number of hydrogen-bond acceptors (Lipinski definition) is 2. The zero-order valence-corrected chi connectivity index (χ0v) is 8.42. The molecule has 15 heavy (non-hydrogen) atoms. The van der Waals surface area contributed by atoms with Crippen LogP contribution in [-0.4, -0.2) is 17.6 Å². The maximum atomic E-state index is 13.7. The Morgan fingerprint density at radius 2 is 2.13 bits per heavy atom. The fourth-order valence-corrected chi connectivity index (χ4v) is 1.95. The molecular formula is C11H14F2N2. The first-order chi connectivity index (χ1) is 7.18. The van der Waals surface area contributed by atoms with Gasteiger partial charge in [-0.1, -0.05) is 0 Å². The number of aromatic nitrogens is 1. The molecule has 1 aliphatic heterocycles. The Bertz CT molecular complexity index is 308. The minimum atomic E-state index is -2.75. The summed E-state index contributed by atoms with van der Waals surface area (Å²) in [7, 11) is 0. The highest BCUT2D eigenvalue weighted by Crippen LogP contribution is 2.33. The van der Waals surface area contributed by atoms with E-state index >= 15 is 0 Å². The van der Waals surface area contributed by atoms with E-state index in [0.29, 0.717) is 0 Å². The second-order valence-corrected chi connectivity index (χ2v) is 3.94. The number of rotatable bonds is 3. The molecule has 1 aliphatic rings. The second-order valence-electron chi connectivity index (χ2n) is 3.94. The van der Waals surface area contributed by atoms with Gasteiger partial charge in [-0.05, 0) is 31.5 Å². The predicted octanol–water partition coefficient (Wildman–Crippen LogP) is 2.32. The first-order valence-electron chi connectivity index (χ1n) is 5.20. The lowest BCUT2D eigenvalue weighted by Gasteiger charge is -2.20. The molecule has 1 N–H and O–H groups in total. The standard InChI is InChI=1S/C11H14F2N2/c12-11(13,8-10-2-1-5-15-10)9-3-6-14-7-4-9/h3-4,6-7,10,15H,1-2,5,8H2. The van der Waals surface area contributed by atoms with Crippen LogP contribution in [0.25, 0.3) is 0 Å². The fraction of sp³-hybridized carbons (Fsp3) is 0.545. The summed E-state index contributed by atoms with van der Waals surface area (Å²) in [4.78, 5) is 3.74. The molecule has 1 aromatic heterocycles. The maximum absolute atomic E-state index is 13.7. The number of nitrogens with one attached hydrogen (secondary N) is 1. The third-order valence-corrected chi connectivity index (χ3v) is 2.77. The topological polar surface area (TPSA) is 24.9 Å². The summed E-state index contributed by atoms with van der Waals surface area (Å²) >= 11 is 0. The van der Waals surface area contributed by atoms with Crippen LogP contribution in [0, 0.1) is 0 Å². The zero-order chi connectivity index (χ0) is 10.7. The number of hydrogen-bond donors (Lipinski definition) is 1. The largest absolute Gasteiger partial charge is 0.314 e. The van der Waals surface area contributed by atoms with Crippen molar-refractivity contribution in [1.82, 2.24) is 10.3 Å². The van der Waals surface area contributed by atoms with Crippen LogP contribution in [0.4, 0.5) is 8.78 Å². The molecule has 1 aromatic rings. The molecule has 0 spiro atoms. The monoisotopic (exact) mass is 212 g/mol. The van der Waals surface area contributed by atoms with Crippen molar-refractivity contribution >= 4 is 0 Å². The van der Waals surface area contributed by atoms with Crippen molar-refractivity contribution < 1.29 is 8.78 Å². The van der Waals surface area contributed by atoms with Crippen molar-refractivity contribution in [3.8, 4) is 0 Å². The molecule has 0 amide bonds. The van der Waals surface area contributed by atoms with Crippen molar-refractivity contribution in [3.63, 3.8) is 0 Å².